The second-order valence-electron chi connectivity index (χ2n) is 6.45. The lowest BCUT2D eigenvalue weighted by Crippen LogP contribution is -2.31. The van der Waals surface area contributed by atoms with Crippen LogP contribution in [0.2, 0.25) is 0 Å². The Morgan fingerprint density at radius 3 is 3.00 bits per heavy atom. The first-order valence-corrected chi connectivity index (χ1v) is 8.48. The van der Waals surface area contributed by atoms with Crippen LogP contribution in [0.3, 0.4) is 0 Å². The Labute approximate surface area is 141 Å². The van der Waals surface area contributed by atoms with Crippen molar-refractivity contribution in [2.45, 2.75) is 32.5 Å². The summed E-state index contributed by atoms with van der Waals surface area (Å²) < 4.78 is 7.65. The monoisotopic (exact) mass is 338 g/mol. The van der Waals surface area contributed by atoms with Crippen LogP contribution in [-0.2, 0) is 17.8 Å². The van der Waals surface area contributed by atoms with Crippen molar-refractivity contribution in [2.75, 3.05) is 0 Å². The van der Waals surface area contributed by atoms with Crippen molar-refractivity contribution in [3.63, 3.8) is 0 Å². The average Bonchev–Trinajstić information content (AvgIpc) is 3.15. The van der Waals surface area contributed by atoms with Crippen molar-refractivity contribution in [3.05, 3.63) is 35.4 Å². The van der Waals surface area contributed by atoms with Gasteiger partial charge >= 0.3 is 0 Å². The van der Waals surface area contributed by atoms with Crippen molar-refractivity contribution in [3.8, 4) is 11.5 Å². The minimum Gasteiger partial charge on any atom is -0.370 e. The maximum atomic E-state index is 5.93. The number of hydrogen-bond donors (Lipinski definition) is 0. The van der Waals surface area contributed by atoms with E-state index in [1.54, 1.807) is 40.8 Å². The summed E-state index contributed by atoms with van der Waals surface area (Å²) in [7, 11) is 0. The Balaban J connectivity index is 1.78. The molecule has 1 aliphatic rings. The van der Waals surface area contributed by atoms with Crippen molar-refractivity contribution < 1.29 is 4.74 Å². The van der Waals surface area contributed by atoms with E-state index in [0.29, 0.717) is 18.1 Å². The van der Waals surface area contributed by atoms with E-state index in [9.17, 15) is 0 Å². The zero-order valence-corrected chi connectivity index (χ0v) is 14.0. The van der Waals surface area contributed by atoms with E-state index >= 15 is 0 Å². The van der Waals surface area contributed by atoms with E-state index in [4.69, 9.17) is 9.72 Å². The van der Waals surface area contributed by atoms with Gasteiger partial charge in [0.05, 0.1) is 23.8 Å². The molecule has 0 spiro atoms. The SMILES string of the molecule is CC1(C)Cc2c(sc3ncn4nc(-c5cnccn5)nc4c23)CO1. The lowest BCUT2D eigenvalue weighted by molar-refractivity contribution is -0.0379. The fourth-order valence-electron chi connectivity index (χ4n) is 3.07. The molecular weight excluding hydrogens is 324 g/mol. The predicted octanol–water partition coefficient (Wildman–Crippen LogP) is 2.65. The molecule has 0 amide bonds. The molecule has 0 aliphatic carbocycles. The zero-order chi connectivity index (χ0) is 16.3. The van der Waals surface area contributed by atoms with Crippen LogP contribution in [0.15, 0.2) is 24.9 Å². The van der Waals surface area contributed by atoms with Gasteiger partial charge in [0.1, 0.15) is 16.9 Å². The molecule has 0 N–H and O–H groups in total. The molecule has 0 bridgehead atoms. The summed E-state index contributed by atoms with van der Waals surface area (Å²) in [6.07, 6.45) is 7.49. The lowest BCUT2D eigenvalue weighted by Gasteiger charge is -2.30. The Hall–Kier alpha value is -2.45. The van der Waals surface area contributed by atoms with Gasteiger partial charge in [0.2, 0.25) is 5.82 Å². The molecule has 0 saturated heterocycles. The summed E-state index contributed by atoms with van der Waals surface area (Å²) in [5.74, 6) is 0.559. The highest BCUT2D eigenvalue weighted by Crippen LogP contribution is 2.39. The first-order valence-electron chi connectivity index (χ1n) is 7.67. The average molecular weight is 338 g/mol. The first kappa shape index (κ1) is 13.9. The Bertz CT molecular complexity index is 1070. The minimum atomic E-state index is -0.179. The van der Waals surface area contributed by atoms with E-state index < -0.39 is 0 Å². The number of aromatic nitrogens is 6. The fraction of sp³-hybridized carbons (Fsp3) is 0.312. The number of hydrogen-bond acceptors (Lipinski definition) is 7. The lowest BCUT2D eigenvalue weighted by atomic mass is 9.94. The highest BCUT2D eigenvalue weighted by molar-refractivity contribution is 7.19. The van der Waals surface area contributed by atoms with Crippen molar-refractivity contribution in [1.29, 1.82) is 0 Å². The third kappa shape index (κ3) is 2.03. The summed E-state index contributed by atoms with van der Waals surface area (Å²) in [6, 6.07) is 0. The van der Waals surface area contributed by atoms with Crippen molar-refractivity contribution >= 4 is 27.2 Å². The maximum absolute atomic E-state index is 5.93. The highest BCUT2D eigenvalue weighted by Gasteiger charge is 2.30. The number of nitrogens with zero attached hydrogens (tertiary/aromatic N) is 6. The molecular formula is C16H14N6OS. The summed E-state index contributed by atoms with van der Waals surface area (Å²) in [5.41, 5.74) is 2.57. The molecule has 7 nitrogen and oxygen atoms in total. The van der Waals surface area contributed by atoms with Gasteiger partial charge in [-0.15, -0.1) is 16.4 Å². The third-order valence-electron chi connectivity index (χ3n) is 4.20. The van der Waals surface area contributed by atoms with Gasteiger partial charge in [-0.2, -0.15) is 0 Å². The van der Waals surface area contributed by atoms with Gasteiger partial charge in [-0.3, -0.25) is 4.98 Å². The third-order valence-corrected chi connectivity index (χ3v) is 5.31. The van der Waals surface area contributed by atoms with Crippen LogP contribution in [0.1, 0.15) is 24.3 Å². The van der Waals surface area contributed by atoms with E-state index in [-0.39, 0.29) is 5.60 Å². The van der Waals surface area contributed by atoms with Crippen molar-refractivity contribution in [2.24, 2.45) is 0 Å². The largest absolute Gasteiger partial charge is 0.370 e. The molecule has 5 rings (SSSR count). The summed E-state index contributed by atoms with van der Waals surface area (Å²) >= 11 is 1.68. The molecule has 0 fully saturated rings. The molecule has 0 unspecified atom stereocenters. The van der Waals surface area contributed by atoms with Crippen LogP contribution < -0.4 is 0 Å². The molecule has 8 heteroatoms. The van der Waals surface area contributed by atoms with E-state index in [1.165, 1.54) is 10.4 Å². The number of rotatable bonds is 1. The quantitative estimate of drug-likeness (QED) is 0.531. The molecule has 24 heavy (non-hydrogen) atoms. The molecule has 120 valence electrons. The standard InChI is InChI=1S/C16H14N6OS/c1-16(2)5-9-11(7-23-16)24-15-12(9)14-20-13(21-22(14)8-19-15)10-6-17-3-4-18-10/h3-4,6,8H,5,7H2,1-2H3. The molecule has 1 aliphatic heterocycles. The van der Waals surface area contributed by atoms with Crippen LogP contribution in [0.5, 0.6) is 0 Å². The van der Waals surface area contributed by atoms with Crippen LogP contribution >= 0.6 is 11.3 Å². The molecule has 0 radical (unpaired) electrons. The van der Waals surface area contributed by atoms with Crippen LogP contribution in [0, 0.1) is 0 Å². The summed E-state index contributed by atoms with van der Waals surface area (Å²) in [5, 5.41) is 5.59. The summed E-state index contributed by atoms with van der Waals surface area (Å²) in [4.78, 5) is 19.9. The van der Waals surface area contributed by atoms with Gasteiger partial charge in [-0.1, -0.05) is 0 Å². The van der Waals surface area contributed by atoms with Crippen molar-refractivity contribution in [1.82, 2.24) is 29.5 Å². The van der Waals surface area contributed by atoms with Gasteiger partial charge in [-0.05, 0) is 19.4 Å². The zero-order valence-electron chi connectivity index (χ0n) is 13.2. The van der Waals surface area contributed by atoms with E-state index in [0.717, 1.165) is 22.3 Å². The van der Waals surface area contributed by atoms with Gasteiger partial charge in [-0.25, -0.2) is 19.5 Å². The summed E-state index contributed by atoms with van der Waals surface area (Å²) in [6.45, 7) is 4.85. The topological polar surface area (TPSA) is 78.1 Å². The van der Waals surface area contributed by atoms with E-state index in [1.807, 2.05) is 0 Å². The van der Waals surface area contributed by atoms with Crippen LogP contribution in [-0.4, -0.2) is 35.2 Å². The Morgan fingerprint density at radius 1 is 1.25 bits per heavy atom. The van der Waals surface area contributed by atoms with Gasteiger partial charge < -0.3 is 4.74 Å². The minimum absolute atomic E-state index is 0.179. The van der Waals surface area contributed by atoms with Crippen LogP contribution in [0.25, 0.3) is 27.4 Å². The molecule has 5 heterocycles. The van der Waals surface area contributed by atoms with Gasteiger partial charge in [0.15, 0.2) is 5.65 Å². The molecule has 0 aromatic carbocycles. The Kier molecular flexibility index (Phi) is 2.77. The number of fused-ring (bicyclic) bond motifs is 5. The first-order chi connectivity index (χ1) is 11.6. The highest BCUT2D eigenvalue weighted by atomic mass is 32.1. The molecule has 4 aromatic heterocycles. The van der Waals surface area contributed by atoms with Crippen LogP contribution in [0.4, 0.5) is 0 Å². The molecule has 4 aromatic rings. The normalized spacial score (nSPS) is 16.6. The second kappa shape index (κ2) is 4.78. The smallest absolute Gasteiger partial charge is 0.202 e. The Morgan fingerprint density at radius 2 is 2.17 bits per heavy atom. The van der Waals surface area contributed by atoms with E-state index in [2.05, 4.69) is 33.9 Å². The molecule has 0 saturated carbocycles. The van der Waals surface area contributed by atoms with Gasteiger partial charge in [0.25, 0.3) is 0 Å². The predicted molar refractivity (Wildman–Crippen MR) is 89.8 cm³/mol. The molecule has 0 atom stereocenters. The second-order valence-corrected chi connectivity index (χ2v) is 7.53. The number of ether oxygens (including phenoxy) is 1. The maximum Gasteiger partial charge on any atom is 0.202 e. The fourth-order valence-corrected chi connectivity index (χ4v) is 4.13. The van der Waals surface area contributed by atoms with Gasteiger partial charge in [0, 0.05) is 23.7 Å². The number of thiophene rings is 1.